The number of H-pyrrole nitrogens is 3. The van der Waals surface area contributed by atoms with Crippen molar-refractivity contribution in [1.29, 1.82) is 0 Å². The first-order valence-corrected chi connectivity index (χ1v) is 12.1. The van der Waals surface area contributed by atoms with Crippen LogP contribution in [0.2, 0.25) is 0 Å². The fraction of sp³-hybridized carbons (Fsp3) is 0.321. The number of hydrogen-bond acceptors (Lipinski definition) is 3. The summed E-state index contributed by atoms with van der Waals surface area (Å²) < 4.78 is 5.35. The van der Waals surface area contributed by atoms with Gasteiger partial charge in [-0.05, 0) is 43.5 Å². The van der Waals surface area contributed by atoms with Gasteiger partial charge in [-0.25, -0.2) is 9.97 Å². The fourth-order valence-corrected chi connectivity index (χ4v) is 4.37. The largest absolute Gasteiger partial charge is 0.497 e. The number of nitrogens with one attached hydrogen (secondary N) is 4. The molecule has 2 heterocycles. The zero-order valence-electron chi connectivity index (χ0n) is 20.3. The van der Waals surface area contributed by atoms with Crippen LogP contribution in [0.1, 0.15) is 56.5 Å². The summed E-state index contributed by atoms with van der Waals surface area (Å²) in [6, 6.07) is 15.7. The summed E-state index contributed by atoms with van der Waals surface area (Å²) in [4.78, 5) is 34.4. The van der Waals surface area contributed by atoms with E-state index in [1.54, 1.807) is 14.0 Å². The highest BCUT2D eigenvalue weighted by Crippen LogP contribution is 2.25. The number of aromatic nitrogens is 3. The second-order valence-corrected chi connectivity index (χ2v) is 8.93. The van der Waals surface area contributed by atoms with Gasteiger partial charge in [-0.15, -0.1) is 0 Å². The van der Waals surface area contributed by atoms with Gasteiger partial charge in [0.2, 0.25) is 5.91 Å². The van der Waals surface area contributed by atoms with Crippen molar-refractivity contribution in [3.05, 3.63) is 72.3 Å². The van der Waals surface area contributed by atoms with Crippen LogP contribution in [0.3, 0.4) is 0 Å². The maximum absolute atomic E-state index is 13.1. The molecule has 4 rings (SSSR count). The van der Waals surface area contributed by atoms with E-state index in [-0.39, 0.29) is 24.2 Å². The highest BCUT2D eigenvalue weighted by molar-refractivity contribution is 5.89. The van der Waals surface area contributed by atoms with Gasteiger partial charge in [0.05, 0.1) is 13.5 Å². The molecule has 0 spiro atoms. The number of imidazole rings is 1. The lowest BCUT2D eigenvalue weighted by Gasteiger charge is -2.14. The first-order valence-electron chi connectivity index (χ1n) is 12.1. The molecule has 2 aromatic heterocycles. The van der Waals surface area contributed by atoms with Crippen LogP contribution < -0.4 is 15.0 Å². The minimum absolute atomic E-state index is 0.0493. The topological polar surface area (TPSA) is 101 Å². The zero-order valence-corrected chi connectivity index (χ0v) is 20.3. The van der Waals surface area contributed by atoms with Crippen LogP contribution in [0.25, 0.3) is 22.2 Å². The molecule has 0 fully saturated rings. The Labute approximate surface area is 205 Å². The van der Waals surface area contributed by atoms with Crippen molar-refractivity contribution in [3.63, 3.8) is 0 Å². The summed E-state index contributed by atoms with van der Waals surface area (Å²) in [5.74, 6) is 1.79. The second kappa shape index (κ2) is 11.5. The molecule has 0 unspecified atom stereocenters. The molecule has 1 atom stereocenters. The number of carbonyl (C=O) groups is 2. The quantitative estimate of drug-likeness (QED) is 0.254. The molecule has 1 amide bonds. The Morgan fingerprint density at radius 3 is 2.69 bits per heavy atom. The molecular weight excluding hydrogens is 440 g/mol. The Hall–Kier alpha value is -3.87. The third kappa shape index (κ3) is 6.38. The maximum Gasteiger partial charge on any atom is 0.275 e. The number of fused-ring (bicyclic) bond motifs is 1. The SMILES string of the molecule is COc1ccc2[nH]cc(CC(=O)N[C@@H](CCCCCC(C)=O)c3[nH]c(-c4ccccc4)c[nH+]3)c2c1. The third-order valence-corrected chi connectivity index (χ3v) is 6.26. The van der Waals surface area contributed by atoms with Gasteiger partial charge in [-0.3, -0.25) is 4.79 Å². The molecule has 0 radical (unpaired) electrons. The molecule has 0 aliphatic rings. The fourth-order valence-electron chi connectivity index (χ4n) is 4.37. The van der Waals surface area contributed by atoms with E-state index in [9.17, 15) is 9.59 Å². The lowest BCUT2D eigenvalue weighted by molar-refractivity contribution is -0.391. The number of rotatable bonds is 12. The Bertz CT molecular complexity index is 1280. The predicted molar refractivity (Wildman–Crippen MR) is 136 cm³/mol. The summed E-state index contributed by atoms with van der Waals surface area (Å²) in [6.45, 7) is 1.63. The molecule has 0 bridgehead atoms. The summed E-state index contributed by atoms with van der Waals surface area (Å²) in [5, 5.41) is 4.20. The molecule has 182 valence electrons. The van der Waals surface area contributed by atoms with Crippen molar-refractivity contribution in [3.8, 4) is 17.0 Å². The number of benzene rings is 2. The number of hydrogen-bond donors (Lipinski definition) is 3. The number of carbonyl (C=O) groups excluding carboxylic acids is 2. The van der Waals surface area contributed by atoms with Crippen LogP contribution in [0, 0.1) is 0 Å². The molecular formula is C28H33N4O3+. The monoisotopic (exact) mass is 473 g/mol. The van der Waals surface area contributed by atoms with Gasteiger partial charge in [0, 0.05) is 29.1 Å². The molecule has 4 N–H and O–H groups in total. The van der Waals surface area contributed by atoms with Crippen molar-refractivity contribution in [1.82, 2.24) is 15.3 Å². The van der Waals surface area contributed by atoms with E-state index in [0.29, 0.717) is 6.42 Å². The van der Waals surface area contributed by atoms with Gasteiger partial charge in [0.15, 0.2) is 5.69 Å². The minimum Gasteiger partial charge on any atom is -0.497 e. The van der Waals surface area contributed by atoms with E-state index in [4.69, 9.17) is 4.74 Å². The van der Waals surface area contributed by atoms with Gasteiger partial charge in [-0.1, -0.05) is 43.2 Å². The highest BCUT2D eigenvalue weighted by atomic mass is 16.5. The van der Waals surface area contributed by atoms with Crippen LogP contribution in [0.5, 0.6) is 5.75 Å². The van der Waals surface area contributed by atoms with Crippen LogP contribution in [0.4, 0.5) is 0 Å². The van der Waals surface area contributed by atoms with E-state index in [1.165, 1.54) is 0 Å². The summed E-state index contributed by atoms with van der Waals surface area (Å²) in [5.41, 5.74) is 3.95. The van der Waals surface area contributed by atoms with Crippen molar-refractivity contribution >= 4 is 22.6 Å². The molecule has 7 nitrogen and oxygen atoms in total. The number of methoxy groups -OCH3 is 1. The van der Waals surface area contributed by atoms with Crippen molar-refractivity contribution < 1.29 is 19.3 Å². The molecule has 0 saturated carbocycles. The maximum atomic E-state index is 13.1. The van der Waals surface area contributed by atoms with Crippen LogP contribution in [-0.4, -0.2) is 28.8 Å². The number of Topliss-reactive ketones (excluding diaryl/α,β-unsaturated/α-hetero) is 1. The molecule has 4 aromatic rings. The summed E-state index contributed by atoms with van der Waals surface area (Å²) in [7, 11) is 1.64. The number of ketones is 1. The molecule has 0 saturated heterocycles. The van der Waals surface area contributed by atoms with E-state index in [2.05, 4.69) is 20.3 Å². The predicted octanol–water partition coefficient (Wildman–Crippen LogP) is 4.93. The Morgan fingerprint density at radius 1 is 1.09 bits per heavy atom. The number of amides is 1. The van der Waals surface area contributed by atoms with Crippen LogP contribution in [-0.2, 0) is 16.0 Å². The standard InChI is InChI=1S/C28H32N4O3/c1-19(33)9-5-3-8-12-25(28-30-18-26(32-28)20-10-6-4-7-11-20)31-27(34)15-21-17-29-24-14-13-22(35-2)16-23(21)24/h4,6-7,10-11,13-14,16-18,25,29H,3,5,8-9,12,15H2,1-2H3,(H,30,32)(H,31,34)/p+1/t25-/m0/s1. The molecule has 0 aliphatic carbocycles. The number of ether oxygens (including phenoxy) is 1. The van der Waals surface area contributed by atoms with E-state index < -0.39 is 0 Å². The van der Waals surface area contributed by atoms with Gasteiger partial charge in [0.25, 0.3) is 5.82 Å². The lowest BCUT2D eigenvalue weighted by Crippen LogP contribution is -2.33. The number of unbranched alkanes of at least 4 members (excludes halogenated alkanes) is 2. The minimum atomic E-state index is -0.183. The normalized spacial score (nSPS) is 11.9. The number of aromatic amines is 3. The molecule has 0 aliphatic heterocycles. The van der Waals surface area contributed by atoms with Gasteiger partial charge >= 0.3 is 0 Å². The van der Waals surface area contributed by atoms with Gasteiger partial charge in [-0.2, -0.15) is 0 Å². The molecule has 35 heavy (non-hydrogen) atoms. The first-order chi connectivity index (χ1) is 17.0. The Morgan fingerprint density at radius 2 is 1.91 bits per heavy atom. The molecule has 7 heteroatoms. The Kier molecular flexibility index (Phi) is 7.98. The van der Waals surface area contributed by atoms with Crippen LogP contribution in [0.15, 0.2) is 60.9 Å². The average molecular weight is 474 g/mol. The van der Waals surface area contributed by atoms with E-state index in [0.717, 1.165) is 65.0 Å². The van der Waals surface area contributed by atoms with Crippen LogP contribution >= 0.6 is 0 Å². The van der Waals surface area contributed by atoms with Gasteiger partial charge in [0.1, 0.15) is 23.8 Å². The zero-order chi connectivity index (χ0) is 24.6. The third-order valence-electron chi connectivity index (χ3n) is 6.26. The van der Waals surface area contributed by atoms with E-state index in [1.807, 2.05) is 60.9 Å². The summed E-state index contributed by atoms with van der Waals surface area (Å²) in [6.07, 6.45) is 8.19. The first kappa shape index (κ1) is 24.3. The van der Waals surface area contributed by atoms with Crippen molar-refractivity contribution in [2.45, 2.75) is 51.5 Å². The van der Waals surface area contributed by atoms with Gasteiger partial charge < -0.3 is 19.8 Å². The average Bonchev–Trinajstić information content (AvgIpc) is 3.51. The second-order valence-electron chi connectivity index (χ2n) is 8.93. The summed E-state index contributed by atoms with van der Waals surface area (Å²) >= 11 is 0. The van der Waals surface area contributed by atoms with Crippen molar-refractivity contribution in [2.75, 3.05) is 7.11 Å². The smallest absolute Gasteiger partial charge is 0.275 e. The lowest BCUT2D eigenvalue weighted by atomic mass is 10.0. The molecule has 2 aromatic carbocycles. The highest BCUT2D eigenvalue weighted by Gasteiger charge is 2.23. The van der Waals surface area contributed by atoms with E-state index >= 15 is 0 Å². The Balaban J connectivity index is 1.47. The van der Waals surface area contributed by atoms with Crippen molar-refractivity contribution in [2.24, 2.45) is 0 Å².